The van der Waals surface area contributed by atoms with Gasteiger partial charge in [-0.3, -0.25) is 25.7 Å². The zero-order valence-corrected chi connectivity index (χ0v) is 14.7. The van der Waals surface area contributed by atoms with Gasteiger partial charge in [-0.1, -0.05) is 0 Å². The Bertz CT molecular complexity index is 769. The second-order valence-electron chi connectivity index (χ2n) is 8.22. The van der Waals surface area contributed by atoms with Crippen molar-refractivity contribution in [3.8, 4) is 0 Å². The summed E-state index contributed by atoms with van der Waals surface area (Å²) >= 11 is 0. The lowest BCUT2D eigenvalue weighted by atomic mass is 9.48. The monoisotopic (exact) mass is 358 g/mol. The second kappa shape index (κ2) is 6.03. The molecule has 1 N–H and O–H groups in total. The SMILES string of the molecule is C/C(=N/Nc1cc([N+](=O)[O-])ccc1[N+](=O)[O-])C12CC3CC(CC(C3)C1)C2. The van der Waals surface area contributed by atoms with E-state index in [0.29, 0.717) is 0 Å². The molecule has 5 rings (SSSR count). The van der Waals surface area contributed by atoms with Crippen LogP contribution in [0.25, 0.3) is 0 Å². The molecule has 8 heteroatoms. The van der Waals surface area contributed by atoms with Crippen molar-refractivity contribution in [3.63, 3.8) is 0 Å². The first-order chi connectivity index (χ1) is 12.4. The van der Waals surface area contributed by atoms with Crippen LogP contribution in [0.1, 0.15) is 45.4 Å². The van der Waals surface area contributed by atoms with E-state index in [4.69, 9.17) is 0 Å². The number of rotatable bonds is 5. The molecule has 0 radical (unpaired) electrons. The third kappa shape index (κ3) is 2.83. The lowest BCUT2D eigenvalue weighted by Gasteiger charge is -2.56. The fraction of sp³-hybridized carbons (Fsp3) is 0.611. The molecule has 0 unspecified atom stereocenters. The summed E-state index contributed by atoms with van der Waals surface area (Å²) in [6, 6.07) is 3.46. The molecule has 1 aromatic carbocycles. The predicted molar refractivity (Wildman–Crippen MR) is 97.1 cm³/mol. The highest BCUT2D eigenvalue weighted by atomic mass is 16.6. The van der Waals surface area contributed by atoms with Gasteiger partial charge in [-0.25, -0.2) is 0 Å². The maximum atomic E-state index is 11.2. The van der Waals surface area contributed by atoms with Gasteiger partial charge >= 0.3 is 0 Å². The summed E-state index contributed by atoms with van der Waals surface area (Å²) in [5.74, 6) is 2.33. The van der Waals surface area contributed by atoms with E-state index in [9.17, 15) is 20.2 Å². The number of nitro benzene ring substituents is 2. The van der Waals surface area contributed by atoms with E-state index in [0.717, 1.165) is 54.9 Å². The summed E-state index contributed by atoms with van der Waals surface area (Å²) in [4.78, 5) is 21.1. The van der Waals surface area contributed by atoms with Crippen LogP contribution in [0.4, 0.5) is 17.1 Å². The summed E-state index contributed by atoms with van der Waals surface area (Å²) < 4.78 is 0. The van der Waals surface area contributed by atoms with E-state index in [-0.39, 0.29) is 22.5 Å². The van der Waals surface area contributed by atoms with Crippen molar-refractivity contribution < 1.29 is 9.85 Å². The third-order valence-electron chi connectivity index (χ3n) is 6.54. The molecule has 4 saturated carbocycles. The number of benzene rings is 1. The Morgan fingerprint density at radius 1 is 1.08 bits per heavy atom. The first-order valence-corrected chi connectivity index (χ1v) is 9.10. The molecule has 1 aromatic rings. The van der Waals surface area contributed by atoms with Gasteiger partial charge in [0.25, 0.3) is 11.4 Å². The molecule has 0 atom stereocenters. The molecule has 0 spiro atoms. The molecule has 0 heterocycles. The van der Waals surface area contributed by atoms with E-state index >= 15 is 0 Å². The minimum absolute atomic E-state index is 0.0632. The quantitative estimate of drug-likeness (QED) is 0.473. The van der Waals surface area contributed by atoms with Crippen molar-refractivity contribution in [2.24, 2.45) is 28.3 Å². The largest absolute Gasteiger partial charge is 0.294 e. The average Bonchev–Trinajstić information content (AvgIpc) is 2.58. The summed E-state index contributed by atoms with van der Waals surface area (Å²) in [5.41, 5.74) is 3.48. The van der Waals surface area contributed by atoms with E-state index in [1.165, 1.54) is 25.3 Å². The Kier molecular flexibility index (Phi) is 3.93. The summed E-state index contributed by atoms with van der Waals surface area (Å²) in [7, 11) is 0. The molecule has 8 nitrogen and oxygen atoms in total. The number of anilines is 1. The van der Waals surface area contributed by atoms with Crippen molar-refractivity contribution in [2.45, 2.75) is 45.4 Å². The second-order valence-corrected chi connectivity index (χ2v) is 8.22. The van der Waals surface area contributed by atoms with E-state index in [1.54, 1.807) is 0 Å². The van der Waals surface area contributed by atoms with Crippen molar-refractivity contribution in [1.29, 1.82) is 0 Å². The predicted octanol–water partition coefficient (Wildman–Crippen LogP) is 4.51. The van der Waals surface area contributed by atoms with Gasteiger partial charge in [-0.05, 0) is 63.2 Å². The van der Waals surface area contributed by atoms with Crippen molar-refractivity contribution in [3.05, 3.63) is 38.4 Å². The molecule has 4 bridgehead atoms. The highest BCUT2D eigenvalue weighted by molar-refractivity contribution is 5.89. The van der Waals surface area contributed by atoms with Crippen molar-refractivity contribution >= 4 is 22.8 Å². The minimum Gasteiger partial charge on any atom is -0.272 e. The number of hydrogen-bond acceptors (Lipinski definition) is 6. The Balaban J connectivity index is 1.60. The fourth-order valence-electron chi connectivity index (χ4n) is 5.70. The molecule has 0 aromatic heterocycles. The molecule has 0 saturated heterocycles. The Morgan fingerprint density at radius 3 is 2.15 bits per heavy atom. The van der Waals surface area contributed by atoms with Crippen LogP contribution in [-0.2, 0) is 0 Å². The standard InChI is InChI=1S/C18H22N4O4/c1-11(18-8-12-4-13(9-18)6-14(5-12)10-18)19-20-16-7-15(21(23)24)2-3-17(16)22(25)26/h2-3,7,12-14,20H,4-6,8-10H2,1H3/b19-11-. The minimum atomic E-state index is -0.565. The Labute approximate surface area is 151 Å². The van der Waals surface area contributed by atoms with Gasteiger partial charge < -0.3 is 0 Å². The number of hydrazone groups is 1. The number of nitrogens with zero attached hydrogens (tertiary/aromatic N) is 3. The van der Waals surface area contributed by atoms with E-state index in [2.05, 4.69) is 10.5 Å². The maximum absolute atomic E-state index is 11.2. The zero-order valence-electron chi connectivity index (χ0n) is 14.7. The van der Waals surface area contributed by atoms with Gasteiger partial charge in [-0.15, -0.1) is 0 Å². The van der Waals surface area contributed by atoms with Crippen LogP contribution in [0.3, 0.4) is 0 Å². The number of nitro groups is 2. The molecular formula is C18H22N4O4. The average molecular weight is 358 g/mol. The van der Waals surface area contributed by atoms with Crippen LogP contribution >= 0.6 is 0 Å². The molecule has 4 aliphatic rings. The molecular weight excluding hydrogens is 336 g/mol. The normalized spacial score (nSPS) is 32.5. The molecule has 26 heavy (non-hydrogen) atoms. The van der Waals surface area contributed by atoms with Crippen molar-refractivity contribution in [2.75, 3.05) is 5.43 Å². The smallest absolute Gasteiger partial charge is 0.272 e. The van der Waals surface area contributed by atoms with Crippen LogP contribution in [-0.4, -0.2) is 15.6 Å². The first kappa shape index (κ1) is 16.9. The van der Waals surface area contributed by atoms with E-state index in [1.807, 2.05) is 6.92 Å². The molecule has 4 aliphatic carbocycles. The third-order valence-corrected chi connectivity index (χ3v) is 6.54. The van der Waals surface area contributed by atoms with E-state index < -0.39 is 9.85 Å². The lowest BCUT2D eigenvalue weighted by Crippen LogP contribution is -2.49. The molecule has 4 fully saturated rings. The highest BCUT2D eigenvalue weighted by Crippen LogP contribution is 2.60. The first-order valence-electron chi connectivity index (χ1n) is 9.10. The number of non-ortho nitro benzene ring substituents is 1. The Hall–Kier alpha value is -2.51. The lowest BCUT2D eigenvalue weighted by molar-refractivity contribution is -0.388. The van der Waals surface area contributed by atoms with Gasteiger partial charge in [0.15, 0.2) is 0 Å². The van der Waals surface area contributed by atoms with Gasteiger partial charge in [0.1, 0.15) is 5.69 Å². The van der Waals surface area contributed by atoms with Crippen LogP contribution in [0, 0.1) is 43.4 Å². The summed E-state index contributed by atoms with van der Waals surface area (Å²) in [5, 5.41) is 26.7. The van der Waals surface area contributed by atoms with Gasteiger partial charge in [0.05, 0.1) is 9.85 Å². The molecule has 0 amide bonds. The summed E-state index contributed by atoms with van der Waals surface area (Å²) in [6.45, 7) is 1.99. The number of hydrogen-bond donors (Lipinski definition) is 1. The van der Waals surface area contributed by atoms with Gasteiger partial charge in [-0.2, -0.15) is 5.10 Å². The van der Waals surface area contributed by atoms with Crippen LogP contribution in [0.5, 0.6) is 0 Å². The molecule has 0 aliphatic heterocycles. The Morgan fingerprint density at radius 2 is 1.65 bits per heavy atom. The molecule has 138 valence electrons. The fourth-order valence-corrected chi connectivity index (χ4v) is 5.70. The van der Waals surface area contributed by atoms with Crippen LogP contribution in [0.15, 0.2) is 23.3 Å². The topological polar surface area (TPSA) is 111 Å². The zero-order chi connectivity index (χ0) is 18.5. The number of nitrogens with one attached hydrogen (secondary N) is 1. The van der Waals surface area contributed by atoms with Crippen LogP contribution < -0.4 is 5.43 Å². The van der Waals surface area contributed by atoms with Gasteiger partial charge in [0, 0.05) is 29.3 Å². The summed E-state index contributed by atoms with van der Waals surface area (Å²) in [6.07, 6.45) is 7.43. The highest BCUT2D eigenvalue weighted by Gasteiger charge is 2.52. The van der Waals surface area contributed by atoms with Crippen molar-refractivity contribution in [1.82, 2.24) is 0 Å². The van der Waals surface area contributed by atoms with Gasteiger partial charge in [0.2, 0.25) is 0 Å². The van der Waals surface area contributed by atoms with Crippen LogP contribution in [0.2, 0.25) is 0 Å². The maximum Gasteiger partial charge on any atom is 0.294 e.